The van der Waals surface area contributed by atoms with E-state index in [4.69, 9.17) is 0 Å². The van der Waals surface area contributed by atoms with Crippen LogP contribution in [0.2, 0.25) is 0 Å². The average Bonchev–Trinajstić information content (AvgIpc) is 2.75. The monoisotopic (exact) mass is 258 g/mol. The predicted molar refractivity (Wildman–Crippen MR) is 77.2 cm³/mol. The predicted octanol–water partition coefficient (Wildman–Crippen LogP) is 2.88. The summed E-state index contributed by atoms with van der Waals surface area (Å²) in [7, 11) is 1.89. The second-order valence-electron chi connectivity index (χ2n) is 5.19. The number of nitrogens with zero attached hydrogens (tertiary/aromatic N) is 2. The largest absolute Gasteiger partial charge is 0.386 e. The van der Waals surface area contributed by atoms with Gasteiger partial charge < -0.3 is 5.11 Å². The van der Waals surface area contributed by atoms with E-state index in [9.17, 15) is 5.11 Å². The van der Waals surface area contributed by atoms with E-state index in [0.717, 1.165) is 17.8 Å². The molecule has 1 aromatic heterocycles. The number of hydrogen-bond donors (Lipinski definition) is 1. The minimum atomic E-state index is -0.502. The van der Waals surface area contributed by atoms with Crippen LogP contribution in [0.15, 0.2) is 24.3 Å². The number of aryl methyl sites for hydroxylation is 4. The van der Waals surface area contributed by atoms with Gasteiger partial charge in [0.25, 0.3) is 0 Å². The third-order valence-corrected chi connectivity index (χ3v) is 3.59. The standard InChI is InChI=1S/C16H22N2O/c1-5-14-10-15(18(4)17-14)16(19)9-13-8-11(2)6-7-12(13)3/h6-8,10,16,19H,5,9H2,1-4H3. The molecule has 0 aliphatic rings. The maximum absolute atomic E-state index is 10.4. The highest BCUT2D eigenvalue weighted by molar-refractivity contribution is 5.31. The smallest absolute Gasteiger partial charge is 0.0996 e. The Morgan fingerprint density at radius 3 is 2.63 bits per heavy atom. The molecule has 0 aliphatic heterocycles. The Morgan fingerprint density at radius 2 is 2.00 bits per heavy atom. The quantitative estimate of drug-likeness (QED) is 0.915. The van der Waals surface area contributed by atoms with Crippen molar-refractivity contribution < 1.29 is 5.11 Å². The molecule has 0 saturated heterocycles. The van der Waals surface area contributed by atoms with E-state index in [1.54, 1.807) is 4.68 Å². The Kier molecular flexibility index (Phi) is 4.05. The fourth-order valence-electron chi connectivity index (χ4n) is 2.36. The highest BCUT2D eigenvalue weighted by atomic mass is 16.3. The summed E-state index contributed by atoms with van der Waals surface area (Å²) in [5.41, 5.74) is 5.57. The molecule has 0 amide bonds. The molecule has 19 heavy (non-hydrogen) atoms. The third-order valence-electron chi connectivity index (χ3n) is 3.59. The van der Waals surface area contributed by atoms with Crippen LogP contribution in [0.5, 0.6) is 0 Å². The Hall–Kier alpha value is -1.61. The van der Waals surface area contributed by atoms with E-state index in [1.165, 1.54) is 16.7 Å². The molecule has 0 radical (unpaired) electrons. The Balaban J connectivity index is 2.22. The summed E-state index contributed by atoms with van der Waals surface area (Å²) < 4.78 is 1.79. The highest BCUT2D eigenvalue weighted by Crippen LogP contribution is 2.21. The lowest BCUT2D eigenvalue weighted by molar-refractivity contribution is 0.168. The van der Waals surface area contributed by atoms with Crippen molar-refractivity contribution in [3.8, 4) is 0 Å². The zero-order valence-electron chi connectivity index (χ0n) is 12.1. The molecule has 0 fully saturated rings. The zero-order chi connectivity index (χ0) is 14.0. The molecule has 2 rings (SSSR count). The first-order chi connectivity index (χ1) is 9.01. The average molecular weight is 258 g/mol. The zero-order valence-corrected chi connectivity index (χ0v) is 12.1. The Bertz CT molecular complexity index is 572. The van der Waals surface area contributed by atoms with E-state index in [0.29, 0.717) is 6.42 Å². The molecule has 0 spiro atoms. The van der Waals surface area contributed by atoms with Gasteiger partial charge in [0, 0.05) is 13.5 Å². The van der Waals surface area contributed by atoms with E-state index in [1.807, 2.05) is 13.1 Å². The van der Waals surface area contributed by atoms with Gasteiger partial charge in [0.1, 0.15) is 0 Å². The van der Waals surface area contributed by atoms with E-state index in [-0.39, 0.29) is 0 Å². The molecule has 0 bridgehead atoms. The molecule has 0 aliphatic carbocycles. The molecular formula is C16H22N2O. The first-order valence-electron chi connectivity index (χ1n) is 6.78. The molecule has 3 nitrogen and oxygen atoms in total. The van der Waals surface area contributed by atoms with Gasteiger partial charge in [-0.25, -0.2) is 0 Å². The van der Waals surface area contributed by atoms with Crippen molar-refractivity contribution in [2.24, 2.45) is 7.05 Å². The fourth-order valence-corrected chi connectivity index (χ4v) is 2.36. The van der Waals surface area contributed by atoms with Crippen LogP contribution in [0.25, 0.3) is 0 Å². The van der Waals surface area contributed by atoms with Crippen molar-refractivity contribution in [2.45, 2.75) is 39.7 Å². The van der Waals surface area contributed by atoms with Crippen molar-refractivity contribution in [3.05, 3.63) is 52.3 Å². The molecule has 1 heterocycles. The number of hydrogen-bond acceptors (Lipinski definition) is 2. The summed E-state index contributed by atoms with van der Waals surface area (Å²) in [6.45, 7) is 6.24. The molecule has 1 N–H and O–H groups in total. The van der Waals surface area contributed by atoms with Gasteiger partial charge in [0.15, 0.2) is 0 Å². The summed E-state index contributed by atoms with van der Waals surface area (Å²) in [4.78, 5) is 0. The first-order valence-corrected chi connectivity index (χ1v) is 6.78. The van der Waals surface area contributed by atoms with Gasteiger partial charge in [-0.05, 0) is 37.5 Å². The van der Waals surface area contributed by atoms with Crippen molar-refractivity contribution in [2.75, 3.05) is 0 Å². The number of aliphatic hydroxyl groups is 1. The van der Waals surface area contributed by atoms with Gasteiger partial charge in [0.05, 0.1) is 17.5 Å². The van der Waals surface area contributed by atoms with Crippen molar-refractivity contribution in [3.63, 3.8) is 0 Å². The van der Waals surface area contributed by atoms with Crippen molar-refractivity contribution >= 4 is 0 Å². The minimum Gasteiger partial charge on any atom is -0.386 e. The summed E-state index contributed by atoms with van der Waals surface area (Å²) in [5, 5.41) is 14.8. The van der Waals surface area contributed by atoms with E-state index < -0.39 is 6.10 Å². The molecule has 1 unspecified atom stereocenters. The molecule has 1 aromatic carbocycles. The number of benzene rings is 1. The lowest BCUT2D eigenvalue weighted by Crippen LogP contribution is -2.08. The van der Waals surface area contributed by atoms with Crippen LogP contribution in [-0.4, -0.2) is 14.9 Å². The Morgan fingerprint density at radius 1 is 1.26 bits per heavy atom. The number of aromatic nitrogens is 2. The van der Waals surface area contributed by atoms with Gasteiger partial charge in [-0.3, -0.25) is 4.68 Å². The normalized spacial score (nSPS) is 12.7. The van der Waals surface area contributed by atoms with Crippen LogP contribution in [0.1, 0.15) is 41.1 Å². The highest BCUT2D eigenvalue weighted by Gasteiger charge is 2.15. The third kappa shape index (κ3) is 3.04. The maximum Gasteiger partial charge on any atom is 0.0996 e. The molecule has 0 saturated carbocycles. The van der Waals surface area contributed by atoms with Crippen LogP contribution in [0.4, 0.5) is 0 Å². The molecule has 1 atom stereocenters. The van der Waals surface area contributed by atoms with Crippen LogP contribution < -0.4 is 0 Å². The SMILES string of the molecule is CCc1cc(C(O)Cc2cc(C)ccc2C)n(C)n1. The fraction of sp³-hybridized carbons (Fsp3) is 0.438. The van der Waals surface area contributed by atoms with Crippen LogP contribution in [-0.2, 0) is 19.9 Å². The van der Waals surface area contributed by atoms with Gasteiger partial charge in [-0.15, -0.1) is 0 Å². The maximum atomic E-state index is 10.4. The van der Waals surface area contributed by atoms with Gasteiger partial charge in [-0.1, -0.05) is 30.7 Å². The summed E-state index contributed by atoms with van der Waals surface area (Å²) >= 11 is 0. The van der Waals surface area contributed by atoms with Crippen LogP contribution in [0.3, 0.4) is 0 Å². The first kappa shape index (κ1) is 13.8. The summed E-state index contributed by atoms with van der Waals surface area (Å²) in [6, 6.07) is 8.36. The lowest BCUT2D eigenvalue weighted by atomic mass is 9.99. The second kappa shape index (κ2) is 5.57. The van der Waals surface area contributed by atoms with E-state index >= 15 is 0 Å². The van der Waals surface area contributed by atoms with E-state index in [2.05, 4.69) is 44.1 Å². The summed E-state index contributed by atoms with van der Waals surface area (Å²) in [5.74, 6) is 0. The minimum absolute atomic E-state index is 0.502. The molecule has 2 aromatic rings. The van der Waals surface area contributed by atoms with Crippen molar-refractivity contribution in [1.82, 2.24) is 9.78 Å². The van der Waals surface area contributed by atoms with Crippen LogP contribution >= 0.6 is 0 Å². The molecule has 102 valence electrons. The molecule has 3 heteroatoms. The van der Waals surface area contributed by atoms with Gasteiger partial charge >= 0.3 is 0 Å². The lowest BCUT2D eigenvalue weighted by Gasteiger charge is -2.13. The van der Waals surface area contributed by atoms with Crippen LogP contribution in [0, 0.1) is 13.8 Å². The van der Waals surface area contributed by atoms with Gasteiger partial charge in [-0.2, -0.15) is 5.10 Å². The number of aliphatic hydroxyl groups excluding tert-OH is 1. The Labute approximate surface area is 114 Å². The van der Waals surface area contributed by atoms with Crippen molar-refractivity contribution in [1.29, 1.82) is 0 Å². The second-order valence-corrected chi connectivity index (χ2v) is 5.19. The summed E-state index contributed by atoms with van der Waals surface area (Å²) in [6.07, 6.45) is 1.03. The number of rotatable bonds is 4. The topological polar surface area (TPSA) is 38.0 Å². The molecular weight excluding hydrogens is 236 g/mol. The van der Waals surface area contributed by atoms with Gasteiger partial charge in [0.2, 0.25) is 0 Å².